The van der Waals surface area contributed by atoms with Gasteiger partial charge in [0.25, 0.3) is 0 Å². The van der Waals surface area contributed by atoms with Crippen LogP contribution < -0.4 is 0 Å². The Balaban J connectivity index is 3.14. The van der Waals surface area contributed by atoms with Crippen LogP contribution in [0.2, 0.25) is 0 Å². The summed E-state index contributed by atoms with van der Waals surface area (Å²) >= 11 is 3.61. The third-order valence-corrected chi connectivity index (χ3v) is 0.950. The molecule has 44 valence electrons. The van der Waals surface area contributed by atoms with Crippen molar-refractivity contribution in [2.24, 2.45) is 0 Å². The van der Waals surface area contributed by atoms with Crippen LogP contribution in [0.3, 0.4) is 0 Å². The first kappa shape index (κ1) is 5.62. The maximum atomic E-state index is 11.9. The molecule has 8 heavy (non-hydrogen) atoms. The van der Waals surface area contributed by atoms with Gasteiger partial charge in [-0.05, 0) is 0 Å². The van der Waals surface area contributed by atoms with Crippen LogP contribution in [0.25, 0.3) is 0 Å². The van der Waals surface area contributed by atoms with E-state index in [0.29, 0.717) is 0 Å². The molecule has 0 saturated carbocycles. The van der Waals surface area contributed by atoms with Gasteiger partial charge >= 0.3 is 0 Å². The zero-order chi connectivity index (χ0) is 6.15. The van der Waals surface area contributed by atoms with E-state index in [2.05, 4.69) is 12.8 Å². The average Bonchev–Trinajstić information content (AvgIpc) is 1.85. The minimum atomic E-state index is -0.875. The predicted octanol–water partition coefficient (Wildman–Crippen LogP) is 1.46. The number of thiol groups is 1. The van der Waals surface area contributed by atoms with Crippen molar-refractivity contribution < 1.29 is 8.78 Å². The Bertz CT molecular complexity index is 176. The molecule has 1 heterocycles. The number of aromatic nitrogens is 1. The maximum Gasteiger partial charge on any atom is 0.177 e. The van der Waals surface area contributed by atoms with E-state index in [1.54, 1.807) is 0 Å². The fourth-order valence-corrected chi connectivity index (χ4v) is 0.596. The molecule has 0 aliphatic rings. The fourth-order valence-electron chi connectivity index (χ4n) is 0.393. The third-order valence-electron chi connectivity index (χ3n) is 0.719. The first-order valence-electron chi connectivity index (χ1n) is 1.92. The molecule has 0 radical (unpaired) electrons. The van der Waals surface area contributed by atoms with Crippen LogP contribution >= 0.6 is 12.8 Å². The van der Waals surface area contributed by atoms with E-state index in [9.17, 15) is 8.78 Å². The molecule has 1 aromatic rings. The van der Waals surface area contributed by atoms with Gasteiger partial charge in [-0.25, -0.2) is 8.78 Å². The summed E-state index contributed by atoms with van der Waals surface area (Å²) in [5, 5.41) is 0. The van der Waals surface area contributed by atoms with Crippen molar-refractivity contribution in [2.75, 3.05) is 0 Å². The first-order valence-corrected chi connectivity index (χ1v) is 2.32. The largest absolute Gasteiger partial charge is 0.296 e. The van der Waals surface area contributed by atoms with Gasteiger partial charge < -0.3 is 0 Å². The summed E-state index contributed by atoms with van der Waals surface area (Å²) in [6.07, 6.45) is 1.89. The maximum absolute atomic E-state index is 11.9. The summed E-state index contributed by atoms with van der Waals surface area (Å²) in [7, 11) is 0. The lowest BCUT2D eigenvalue weighted by Crippen LogP contribution is -1.66. The smallest absolute Gasteiger partial charge is 0.177 e. The molecule has 0 N–H and O–H groups in total. The van der Waals surface area contributed by atoms with Crippen LogP contribution in [0.4, 0.5) is 8.78 Å². The Morgan fingerprint density at radius 2 is 1.62 bits per heavy atom. The normalized spacial score (nSPS) is 9.88. The molecular formula is C4H3F2NS. The minimum absolute atomic E-state index is 0.875. The van der Waals surface area contributed by atoms with E-state index >= 15 is 0 Å². The van der Waals surface area contributed by atoms with Crippen LogP contribution in [0.15, 0.2) is 12.4 Å². The second kappa shape index (κ2) is 1.78. The van der Waals surface area contributed by atoms with Gasteiger partial charge in [-0.3, -0.25) is 3.97 Å². The standard InChI is InChI=1S/C4H3F2NS/c5-3-1-7(8)2-4(3)6/h1-2,8H. The van der Waals surface area contributed by atoms with Gasteiger partial charge in [-0.1, -0.05) is 12.8 Å². The lowest BCUT2D eigenvalue weighted by molar-refractivity contribution is 0.516. The Labute approximate surface area is 50.5 Å². The number of hydrogen-bond acceptors (Lipinski definition) is 1. The highest BCUT2D eigenvalue weighted by Crippen LogP contribution is 2.05. The molecule has 0 unspecified atom stereocenters. The summed E-state index contributed by atoms with van der Waals surface area (Å²) in [6, 6.07) is 0. The van der Waals surface area contributed by atoms with Crippen LogP contribution in [0, 0.1) is 11.6 Å². The molecule has 0 atom stereocenters. The quantitative estimate of drug-likeness (QED) is 0.514. The molecule has 0 amide bonds. The van der Waals surface area contributed by atoms with Crippen molar-refractivity contribution in [3.05, 3.63) is 24.0 Å². The third kappa shape index (κ3) is 0.838. The van der Waals surface area contributed by atoms with Gasteiger partial charge in [0, 0.05) is 0 Å². The molecule has 1 aromatic heterocycles. The first-order chi connectivity index (χ1) is 3.70. The Kier molecular flexibility index (Phi) is 1.25. The van der Waals surface area contributed by atoms with Crippen molar-refractivity contribution in [3.8, 4) is 0 Å². The average molecular weight is 135 g/mol. The highest BCUT2D eigenvalue weighted by atomic mass is 32.1. The molecular weight excluding hydrogens is 132 g/mol. The van der Waals surface area contributed by atoms with Gasteiger partial charge in [0.1, 0.15) is 0 Å². The Morgan fingerprint density at radius 1 is 1.25 bits per heavy atom. The van der Waals surface area contributed by atoms with E-state index < -0.39 is 11.6 Å². The van der Waals surface area contributed by atoms with E-state index in [1.807, 2.05) is 0 Å². The molecule has 1 nitrogen and oxygen atoms in total. The number of halogens is 2. The molecule has 4 heteroatoms. The SMILES string of the molecule is Fc1cn(S)cc1F. The molecule has 0 aliphatic heterocycles. The summed E-state index contributed by atoms with van der Waals surface area (Å²) < 4.78 is 24.8. The van der Waals surface area contributed by atoms with Gasteiger partial charge in [0.2, 0.25) is 0 Å². The lowest BCUT2D eigenvalue weighted by atomic mass is 10.6. The highest BCUT2D eigenvalue weighted by molar-refractivity contribution is 7.78. The zero-order valence-corrected chi connectivity index (χ0v) is 4.70. The van der Waals surface area contributed by atoms with Crippen molar-refractivity contribution >= 4 is 12.8 Å². The number of nitrogens with zero attached hydrogens (tertiary/aromatic N) is 1. The van der Waals surface area contributed by atoms with Gasteiger partial charge in [-0.2, -0.15) is 0 Å². The molecule has 0 bridgehead atoms. The van der Waals surface area contributed by atoms with Crippen LogP contribution in [0.1, 0.15) is 0 Å². The number of hydrogen-bond donors (Lipinski definition) is 1. The van der Waals surface area contributed by atoms with E-state index in [1.165, 1.54) is 0 Å². The summed E-state index contributed by atoms with van der Waals surface area (Å²) in [6.45, 7) is 0. The van der Waals surface area contributed by atoms with Crippen LogP contribution in [-0.2, 0) is 0 Å². The summed E-state index contributed by atoms with van der Waals surface area (Å²) in [5.41, 5.74) is 0. The van der Waals surface area contributed by atoms with Crippen LogP contribution in [-0.4, -0.2) is 3.97 Å². The molecule has 0 fully saturated rings. The highest BCUT2D eigenvalue weighted by Gasteiger charge is 2.00. The fraction of sp³-hybridized carbons (Fsp3) is 0. The predicted molar refractivity (Wildman–Crippen MR) is 28.7 cm³/mol. The van der Waals surface area contributed by atoms with Gasteiger partial charge in [0.15, 0.2) is 11.6 Å². The zero-order valence-electron chi connectivity index (χ0n) is 3.81. The van der Waals surface area contributed by atoms with Gasteiger partial charge in [0.05, 0.1) is 12.4 Å². The van der Waals surface area contributed by atoms with Gasteiger partial charge in [-0.15, -0.1) is 0 Å². The molecule has 0 spiro atoms. The topological polar surface area (TPSA) is 4.93 Å². The van der Waals surface area contributed by atoms with E-state index in [-0.39, 0.29) is 0 Å². The van der Waals surface area contributed by atoms with Crippen LogP contribution in [0.5, 0.6) is 0 Å². The summed E-state index contributed by atoms with van der Waals surface area (Å²) in [5.74, 6) is -1.75. The van der Waals surface area contributed by atoms with E-state index in [0.717, 1.165) is 16.4 Å². The monoisotopic (exact) mass is 135 g/mol. The second-order valence-corrected chi connectivity index (χ2v) is 1.80. The lowest BCUT2D eigenvalue weighted by Gasteiger charge is -1.77. The second-order valence-electron chi connectivity index (χ2n) is 1.33. The number of rotatable bonds is 0. The molecule has 0 saturated heterocycles. The molecule has 1 rings (SSSR count). The molecule has 0 aromatic carbocycles. The Hall–Kier alpha value is -0.510. The van der Waals surface area contributed by atoms with Crippen molar-refractivity contribution in [1.29, 1.82) is 0 Å². The van der Waals surface area contributed by atoms with E-state index in [4.69, 9.17) is 0 Å². The Morgan fingerprint density at radius 3 is 1.75 bits per heavy atom. The van der Waals surface area contributed by atoms with Crippen molar-refractivity contribution in [2.45, 2.75) is 0 Å². The summed E-state index contributed by atoms with van der Waals surface area (Å²) in [4.78, 5) is 0. The minimum Gasteiger partial charge on any atom is -0.296 e. The molecule has 0 aliphatic carbocycles. The van der Waals surface area contributed by atoms with Crippen molar-refractivity contribution in [1.82, 2.24) is 3.97 Å². The van der Waals surface area contributed by atoms with Crippen molar-refractivity contribution in [3.63, 3.8) is 0 Å².